The molecule has 1 aromatic carbocycles. The molecule has 2 aliphatic heterocycles. The average molecular weight is 317 g/mol. The SMILES string of the molecule is COC(=O)CC[C@]12C=CC(=O)N1[C@@H](c1ccc(OC)cc1)OC2. The normalized spacial score (nSPS) is 25.6. The van der Waals surface area contributed by atoms with E-state index < -0.39 is 11.8 Å². The third kappa shape index (κ3) is 2.70. The maximum absolute atomic E-state index is 12.3. The summed E-state index contributed by atoms with van der Waals surface area (Å²) in [5.74, 6) is 0.350. The number of methoxy groups -OCH3 is 2. The third-order valence-corrected chi connectivity index (χ3v) is 4.37. The fraction of sp³-hybridized carbons (Fsp3) is 0.412. The molecule has 6 heteroatoms. The molecule has 0 bridgehead atoms. The number of hydrogen-bond acceptors (Lipinski definition) is 5. The minimum absolute atomic E-state index is 0.104. The lowest BCUT2D eigenvalue weighted by atomic mass is 9.94. The third-order valence-electron chi connectivity index (χ3n) is 4.37. The molecule has 23 heavy (non-hydrogen) atoms. The molecule has 0 N–H and O–H groups in total. The van der Waals surface area contributed by atoms with Gasteiger partial charge in [0.1, 0.15) is 5.75 Å². The summed E-state index contributed by atoms with van der Waals surface area (Å²) in [6.45, 7) is 0.364. The number of amides is 1. The fourth-order valence-electron chi connectivity index (χ4n) is 3.08. The van der Waals surface area contributed by atoms with Gasteiger partial charge in [-0.1, -0.05) is 18.2 Å². The lowest BCUT2D eigenvalue weighted by molar-refractivity contribution is -0.142. The summed E-state index contributed by atoms with van der Waals surface area (Å²) in [7, 11) is 2.96. The van der Waals surface area contributed by atoms with Crippen LogP contribution in [0.3, 0.4) is 0 Å². The molecule has 1 saturated heterocycles. The Balaban J connectivity index is 1.82. The Labute approximate surface area is 134 Å². The summed E-state index contributed by atoms with van der Waals surface area (Å²) in [5.41, 5.74) is 0.304. The molecule has 2 atom stereocenters. The first-order chi connectivity index (χ1) is 11.1. The fourth-order valence-corrected chi connectivity index (χ4v) is 3.08. The van der Waals surface area contributed by atoms with Crippen LogP contribution >= 0.6 is 0 Å². The molecule has 1 aromatic rings. The summed E-state index contributed by atoms with van der Waals surface area (Å²) in [6, 6.07) is 7.43. The zero-order chi connectivity index (χ0) is 16.4. The van der Waals surface area contributed by atoms with Crippen molar-refractivity contribution >= 4 is 11.9 Å². The highest BCUT2D eigenvalue weighted by molar-refractivity contribution is 5.92. The van der Waals surface area contributed by atoms with Crippen LogP contribution in [0.15, 0.2) is 36.4 Å². The van der Waals surface area contributed by atoms with Crippen molar-refractivity contribution in [3.8, 4) is 5.75 Å². The first kappa shape index (κ1) is 15.6. The second-order valence-electron chi connectivity index (χ2n) is 5.66. The van der Waals surface area contributed by atoms with Crippen LogP contribution in [0.25, 0.3) is 0 Å². The molecule has 3 rings (SSSR count). The minimum atomic E-state index is -0.574. The van der Waals surface area contributed by atoms with Crippen LogP contribution in [-0.4, -0.2) is 43.1 Å². The zero-order valence-corrected chi connectivity index (χ0v) is 13.2. The maximum Gasteiger partial charge on any atom is 0.305 e. The summed E-state index contributed by atoms with van der Waals surface area (Å²) in [4.78, 5) is 25.5. The van der Waals surface area contributed by atoms with E-state index in [0.717, 1.165) is 11.3 Å². The van der Waals surface area contributed by atoms with Crippen LogP contribution in [-0.2, 0) is 19.1 Å². The highest BCUT2D eigenvalue weighted by Crippen LogP contribution is 2.44. The summed E-state index contributed by atoms with van der Waals surface area (Å²) in [5, 5.41) is 0. The number of nitrogens with zero attached hydrogens (tertiary/aromatic N) is 1. The van der Waals surface area contributed by atoms with Gasteiger partial charge >= 0.3 is 5.97 Å². The van der Waals surface area contributed by atoms with Gasteiger partial charge in [0.25, 0.3) is 0 Å². The Morgan fingerprint density at radius 1 is 1.35 bits per heavy atom. The van der Waals surface area contributed by atoms with Gasteiger partial charge in [-0.05, 0) is 18.6 Å². The number of carbonyl (C=O) groups is 2. The van der Waals surface area contributed by atoms with Gasteiger partial charge in [-0.3, -0.25) is 14.5 Å². The van der Waals surface area contributed by atoms with Gasteiger partial charge in [-0.2, -0.15) is 0 Å². The number of rotatable bonds is 5. The molecule has 0 unspecified atom stereocenters. The predicted octanol–water partition coefficient (Wildman–Crippen LogP) is 1.81. The van der Waals surface area contributed by atoms with Crippen LogP contribution in [0.1, 0.15) is 24.6 Å². The Hall–Kier alpha value is -2.34. The maximum atomic E-state index is 12.3. The first-order valence-electron chi connectivity index (χ1n) is 7.44. The highest BCUT2D eigenvalue weighted by Gasteiger charge is 2.51. The second-order valence-corrected chi connectivity index (χ2v) is 5.66. The van der Waals surface area contributed by atoms with Gasteiger partial charge in [0.2, 0.25) is 5.91 Å². The lowest BCUT2D eigenvalue weighted by Gasteiger charge is -2.32. The zero-order valence-electron chi connectivity index (χ0n) is 13.2. The highest BCUT2D eigenvalue weighted by atomic mass is 16.5. The van der Waals surface area contributed by atoms with Crippen molar-refractivity contribution in [3.63, 3.8) is 0 Å². The molecule has 1 amide bonds. The van der Waals surface area contributed by atoms with Crippen molar-refractivity contribution < 1.29 is 23.8 Å². The summed E-state index contributed by atoms with van der Waals surface area (Å²) < 4.78 is 15.7. The molecule has 122 valence electrons. The second kappa shape index (κ2) is 6.04. The lowest BCUT2D eigenvalue weighted by Crippen LogP contribution is -2.44. The first-order valence-corrected chi connectivity index (χ1v) is 7.44. The van der Waals surface area contributed by atoms with Crippen LogP contribution in [0.4, 0.5) is 0 Å². The van der Waals surface area contributed by atoms with E-state index in [2.05, 4.69) is 0 Å². The smallest absolute Gasteiger partial charge is 0.305 e. The topological polar surface area (TPSA) is 65.1 Å². The number of carbonyl (C=O) groups excluding carboxylic acids is 2. The van der Waals surface area contributed by atoms with Crippen LogP contribution in [0.5, 0.6) is 5.75 Å². The summed E-state index contributed by atoms with van der Waals surface area (Å²) >= 11 is 0. The minimum Gasteiger partial charge on any atom is -0.497 e. The van der Waals surface area contributed by atoms with E-state index in [1.54, 1.807) is 18.1 Å². The standard InChI is InChI=1S/C17H19NO5/c1-21-13-5-3-12(4-6-13)16-18-14(19)7-9-17(18,11-23-16)10-8-15(20)22-2/h3-7,9,16H,8,10-11H2,1-2H3/t16-,17+/m1/s1. The van der Waals surface area contributed by atoms with Gasteiger partial charge in [0.05, 0.1) is 26.4 Å². The molecular formula is C17H19NO5. The van der Waals surface area contributed by atoms with Gasteiger partial charge in [-0.25, -0.2) is 0 Å². The molecule has 0 spiro atoms. The van der Waals surface area contributed by atoms with Gasteiger partial charge in [-0.15, -0.1) is 0 Å². The summed E-state index contributed by atoms with van der Waals surface area (Å²) in [6.07, 6.45) is 3.65. The van der Waals surface area contributed by atoms with E-state index in [4.69, 9.17) is 14.2 Å². The Kier molecular flexibility index (Phi) is 4.09. The van der Waals surface area contributed by atoms with Crippen molar-refractivity contribution in [1.82, 2.24) is 4.90 Å². The van der Waals surface area contributed by atoms with Crippen molar-refractivity contribution in [2.45, 2.75) is 24.6 Å². The van der Waals surface area contributed by atoms with Crippen LogP contribution in [0.2, 0.25) is 0 Å². The predicted molar refractivity (Wildman–Crippen MR) is 81.7 cm³/mol. The quantitative estimate of drug-likeness (QED) is 0.775. The van der Waals surface area contributed by atoms with E-state index in [-0.39, 0.29) is 18.3 Å². The van der Waals surface area contributed by atoms with Gasteiger partial charge < -0.3 is 14.2 Å². The Bertz CT molecular complexity index is 639. The average Bonchev–Trinajstić information content (AvgIpc) is 3.11. The van der Waals surface area contributed by atoms with Gasteiger partial charge in [0, 0.05) is 18.1 Å². The van der Waals surface area contributed by atoms with Crippen molar-refractivity contribution in [1.29, 1.82) is 0 Å². The van der Waals surface area contributed by atoms with Crippen molar-refractivity contribution in [2.75, 3.05) is 20.8 Å². The van der Waals surface area contributed by atoms with E-state index >= 15 is 0 Å². The number of fused-ring (bicyclic) bond motifs is 1. The van der Waals surface area contributed by atoms with Crippen molar-refractivity contribution in [3.05, 3.63) is 42.0 Å². The molecule has 0 aliphatic carbocycles. The van der Waals surface area contributed by atoms with Crippen LogP contribution < -0.4 is 4.74 Å². The molecule has 0 saturated carbocycles. The largest absolute Gasteiger partial charge is 0.497 e. The molecule has 2 aliphatic rings. The molecule has 2 heterocycles. The number of hydrogen-bond donors (Lipinski definition) is 0. The Morgan fingerprint density at radius 2 is 2.09 bits per heavy atom. The monoisotopic (exact) mass is 317 g/mol. The van der Waals surface area contributed by atoms with E-state index in [9.17, 15) is 9.59 Å². The Morgan fingerprint density at radius 3 is 2.74 bits per heavy atom. The molecular weight excluding hydrogens is 298 g/mol. The molecule has 1 fully saturated rings. The van der Waals surface area contributed by atoms with E-state index in [1.807, 2.05) is 30.3 Å². The van der Waals surface area contributed by atoms with Crippen molar-refractivity contribution in [2.24, 2.45) is 0 Å². The number of esters is 1. The number of ether oxygens (including phenoxy) is 3. The van der Waals surface area contributed by atoms with Gasteiger partial charge in [0.15, 0.2) is 6.23 Å². The van der Waals surface area contributed by atoms with E-state index in [1.165, 1.54) is 7.11 Å². The van der Waals surface area contributed by atoms with E-state index in [0.29, 0.717) is 13.0 Å². The van der Waals surface area contributed by atoms with Crippen LogP contribution in [0, 0.1) is 0 Å². The molecule has 0 radical (unpaired) electrons. The molecule has 6 nitrogen and oxygen atoms in total. The number of benzene rings is 1. The molecule has 0 aromatic heterocycles.